The maximum absolute atomic E-state index is 12.3. The van der Waals surface area contributed by atoms with Crippen LogP contribution in [-0.4, -0.2) is 21.8 Å². The van der Waals surface area contributed by atoms with Crippen molar-refractivity contribution in [2.24, 2.45) is 0 Å². The van der Waals surface area contributed by atoms with E-state index >= 15 is 0 Å². The molecule has 0 bridgehead atoms. The van der Waals surface area contributed by atoms with E-state index in [2.05, 4.69) is 15.9 Å². The average Bonchev–Trinajstić information content (AvgIpc) is 2.42. The lowest BCUT2D eigenvalue weighted by molar-refractivity contribution is 0.0976. The van der Waals surface area contributed by atoms with Crippen LogP contribution in [0.1, 0.15) is 31.8 Å². The number of aromatic hydroxyl groups is 2. The molecule has 2 N–H and O–H groups in total. The fourth-order valence-electron chi connectivity index (χ4n) is 2.20. The van der Waals surface area contributed by atoms with Crippen molar-refractivity contribution in [1.82, 2.24) is 0 Å². The summed E-state index contributed by atoms with van der Waals surface area (Å²) in [5.74, 6) is -1.51. The number of ketones is 2. The maximum Gasteiger partial charge on any atom is 0.198 e. The molecular weight excluding hydrogens is 312 g/mol. The Morgan fingerprint density at radius 3 is 2.11 bits per heavy atom. The van der Waals surface area contributed by atoms with Crippen LogP contribution in [0, 0.1) is 0 Å². The van der Waals surface area contributed by atoms with Gasteiger partial charge in [-0.2, -0.15) is 0 Å². The molecule has 3 rings (SSSR count). The van der Waals surface area contributed by atoms with Crippen molar-refractivity contribution in [2.45, 2.75) is 0 Å². The Labute approximate surface area is 116 Å². The summed E-state index contributed by atoms with van der Waals surface area (Å²) in [4.78, 5) is 24.6. The van der Waals surface area contributed by atoms with E-state index in [9.17, 15) is 19.8 Å². The number of hydrogen-bond donors (Lipinski definition) is 2. The Kier molecular flexibility index (Phi) is 2.46. The van der Waals surface area contributed by atoms with E-state index < -0.39 is 11.5 Å². The van der Waals surface area contributed by atoms with Crippen molar-refractivity contribution >= 4 is 27.5 Å². The molecule has 2 aromatic carbocycles. The first kappa shape index (κ1) is 11.9. The molecule has 0 spiro atoms. The molecule has 0 saturated heterocycles. The average molecular weight is 319 g/mol. The molecule has 0 fully saturated rings. The van der Waals surface area contributed by atoms with Crippen LogP contribution >= 0.6 is 15.9 Å². The Morgan fingerprint density at radius 1 is 0.895 bits per heavy atom. The molecule has 4 nitrogen and oxygen atoms in total. The van der Waals surface area contributed by atoms with Gasteiger partial charge in [0.1, 0.15) is 16.0 Å². The number of phenolic OH excluding ortho intramolecular Hbond substituents is 2. The molecule has 0 saturated carbocycles. The Bertz CT molecular complexity index is 749. The van der Waals surface area contributed by atoms with E-state index in [0.717, 1.165) is 0 Å². The molecule has 5 heteroatoms. The van der Waals surface area contributed by atoms with Gasteiger partial charge in [0.15, 0.2) is 11.6 Å². The predicted octanol–water partition coefficient (Wildman–Crippen LogP) is 2.64. The van der Waals surface area contributed by atoms with Crippen molar-refractivity contribution in [3.8, 4) is 11.5 Å². The highest BCUT2D eigenvalue weighted by Gasteiger charge is 2.33. The Balaban J connectivity index is 2.40. The van der Waals surface area contributed by atoms with Gasteiger partial charge in [-0.15, -0.1) is 0 Å². The quantitative estimate of drug-likeness (QED) is 0.668. The minimum Gasteiger partial charge on any atom is -0.507 e. The zero-order valence-electron chi connectivity index (χ0n) is 9.48. The molecule has 0 radical (unpaired) electrons. The molecular formula is C14H7BrO4. The number of halogens is 1. The van der Waals surface area contributed by atoms with Crippen LogP contribution in [0.4, 0.5) is 0 Å². The smallest absolute Gasteiger partial charge is 0.198 e. The Morgan fingerprint density at radius 2 is 1.47 bits per heavy atom. The lowest BCUT2D eigenvalue weighted by atomic mass is 9.83. The number of fused-ring (bicyclic) bond motifs is 2. The van der Waals surface area contributed by atoms with Gasteiger partial charge in [-0.05, 0) is 22.0 Å². The molecule has 0 aliphatic heterocycles. The summed E-state index contributed by atoms with van der Waals surface area (Å²) in [6, 6.07) is 7.59. The number of rotatable bonds is 0. The first-order chi connectivity index (χ1) is 9.02. The summed E-state index contributed by atoms with van der Waals surface area (Å²) in [7, 11) is 0. The van der Waals surface area contributed by atoms with Crippen molar-refractivity contribution in [2.75, 3.05) is 0 Å². The van der Waals surface area contributed by atoms with E-state index in [1.54, 1.807) is 24.3 Å². The standard InChI is InChI=1S/C14H7BrO4/c15-11-9(16)5-8-10(14(11)19)13(18)7-4-2-1-3-6(7)12(8)17/h1-5,16,19H. The van der Waals surface area contributed by atoms with Crippen LogP contribution in [0.2, 0.25) is 0 Å². The molecule has 2 aromatic rings. The van der Waals surface area contributed by atoms with Crippen LogP contribution in [0.15, 0.2) is 34.8 Å². The third-order valence-electron chi connectivity index (χ3n) is 3.11. The normalized spacial score (nSPS) is 13.1. The Hall–Kier alpha value is -2.14. The number of hydrogen-bond acceptors (Lipinski definition) is 4. The van der Waals surface area contributed by atoms with Gasteiger partial charge in [0.25, 0.3) is 0 Å². The first-order valence-corrected chi connectivity index (χ1v) is 6.24. The fourth-order valence-corrected chi connectivity index (χ4v) is 2.51. The summed E-state index contributed by atoms with van der Waals surface area (Å²) in [6.45, 7) is 0. The lowest BCUT2D eigenvalue weighted by Crippen LogP contribution is -2.21. The number of carbonyl (C=O) groups is 2. The van der Waals surface area contributed by atoms with Gasteiger partial charge in [0.2, 0.25) is 0 Å². The van der Waals surface area contributed by atoms with Crippen molar-refractivity contribution < 1.29 is 19.8 Å². The minimum atomic E-state index is -0.427. The number of carbonyl (C=O) groups excluding carboxylic acids is 2. The highest BCUT2D eigenvalue weighted by Crippen LogP contribution is 2.42. The fraction of sp³-hybridized carbons (Fsp3) is 0. The maximum atomic E-state index is 12.3. The minimum absolute atomic E-state index is 0.00628. The van der Waals surface area contributed by atoms with Gasteiger partial charge >= 0.3 is 0 Å². The van der Waals surface area contributed by atoms with Crippen LogP contribution < -0.4 is 0 Å². The van der Waals surface area contributed by atoms with Gasteiger partial charge in [-0.3, -0.25) is 9.59 Å². The molecule has 0 atom stereocenters. The molecule has 1 aliphatic rings. The van der Waals surface area contributed by atoms with E-state index in [-0.39, 0.29) is 38.3 Å². The lowest BCUT2D eigenvalue weighted by Gasteiger charge is -2.19. The largest absolute Gasteiger partial charge is 0.507 e. The van der Waals surface area contributed by atoms with Gasteiger partial charge in [-0.1, -0.05) is 24.3 Å². The van der Waals surface area contributed by atoms with Crippen LogP contribution in [0.3, 0.4) is 0 Å². The van der Waals surface area contributed by atoms with E-state index in [0.29, 0.717) is 0 Å². The topological polar surface area (TPSA) is 74.6 Å². The molecule has 94 valence electrons. The number of phenols is 2. The molecule has 19 heavy (non-hydrogen) atoms. The third-order valence-corrected chi connectivity index (χ3v) is 3.89. The first-order valence-electron chi connectivity index (χ1n) is 5.45. The van der Waals surface area contributed by atoms with Crippen LogP contribution in [0.5, 0.6) is 11.5 Å². The van der Waals surface area contributed by atoms with Gasteiger partial charge in [0, 0.05) is 16.7 Å². The second-order valence-electron chi connectivity index (χ2n) is 4.18. The predicted molar refractivity (Wildman–Crippen MR) is 70.8 cm³/mol. The summed E-state index contributed by atoms with van der Waals surface area (Å²) in [5.41, 5.74) is 0.476. The van der Waals surface area contributed by atoms with Gasteiger partial charge in [-0.25, -0.2) is 0 Å². The van der Waals surface area contributed by atoms with Crippen molar-refractivity contribution in [3.05, 3.63) is 57.1 Å². The van der Waals surface area contributed by atoms with E-state index in [1.807, 2.05) is 0 Å². The van der Waals surface area contributed by atoms with E-state index in [1.165, 1.54) is 6.07 Å². The monoisotopic (exact) mass is 318 g/mol. The zero-order chi connectivity index (χ0) is 13.7. The summed E-state index contributed by atoms with van der Waals surface area (Å²) >= 11 is 2.98. The van der Waals surface area contributed by atoms with Crippen molar-refractivity contribution in [1.29, 1.82) is 0 Å². The zero-order valence-corrected chi connectivity index (χ0v) is 11.1. The highest BCUT2D eigenvalue weighted by molar-refractivity contribution is 9.10. The third kappa shape index (κ3) is 1.51. The molecule has 0 heterocycles. The summed E-state index contributed by atoms with van der Waals surface area (Å²) in [5, 5.41) is 19.6. The van der Waals surface area contributed by atoms with Gasteiger partial charge in [0.05, 0.1) is 5.56 Å². The SMILES string of the molecule is O=C1c2ccccc2C(=O)c2c1cc(O)c(Br)c2O. The van der Waals surface area contributed by atoms with Crippen LogP contribution in [0.25, 0.3) is 0 Å². The van der Waals surface area contributed by atoms with Gasteiger partial charge < -0.3 is 10.2 Å². The van der Waals surface area contributed by atoms with Crippen molar-refractivity contribution in [3.63, 3.8) is 0 Å². The van der Waals surface area contributed by atoms with Crippen LogP contribution in [-0.2, 0) is 0 Å². The summed E-state index contributed by atoms with van der Waals surface area (Å²) in [6.07, 6.45) is 0. The molecule has 1 aliphatic carbocycles. The number of benzene rings is 2. The molecule has 0 amide bonds. The second-order valence-corrected chi connectivity index (χ2v) is 4.98. The second kappa shape index (κ2) is 3.93. The molecule has 0 aromatic heterocycles. The highest BCUT2D eigenvalue weighted by atomic mass is 79.9. The van der Waals surface area contributed by atoms with E-state index in [4.69, 9.17) is 0 Å². The molecule has 0 unspecified atom stereocenters. The summed E-state index contributed by atoms with van der Waals surface area (Å²) < 4.78 is 0.00628.